The number of nitrogens with one attached hydrogen (secondary N) is 1. The molecular formula is C11H15N3O2. The van der Waals surface area contributed by atoms with Gasteiger partial charge in [0.05, 0.1) is 13.3 Å². The highest BCUT2D eigenvalue weighted by atomic mass is 16.5. The summed E-state index contributed by atoms with van der Waals surface area (Å²) < 4.78 is 5.25. The molecule has 0 radical (unpaired) electrons. The number of ether oxygens (including phenoxy) is 1. The summed E-state index contributed by atoms with van der Waals surface area (Å²) in [6, 6.07) is 3.23. The van der Waals surface area contributed by atoms with E-state index in [4.69, 9.17) is 10.5 Å². The van der Waals surface area contributed by atoms with Crippen LogP contribution in [0.15, 0.2) is 17.2 Å². The zero-order chi connectivity index (χ0) is 12.1. The van der Waals surface area contributed by atoms with Crippen molar-refractivity contribution >= 4 is 12.2 Å². The van der Waals surface area contributed by atoms with Crippen LogP contribution in [0.25, 0.3) is 0 Å². The van der Waals surface area contributed by atoms with E-state index in [-0.39, 0.29) is 0 Å². The van der Waals surface area contributed by atoms with Gasteiger partial charge in [0.15, 0.2) is 0 Å². The maximum atomic E-state index is 10.4. The second kappa shape index (κ2) is 5.16. The lowest BCUT2D eigenvalue weighted by Gasteiger charge is -2.09. The van der Waals surface area contributed by atoms with Gasteiger partial charge in [-0.1, -0.05) is 6.07 Å². The Bertz CT molecular complexity index is 427. The van der Waals surface area contributed by atoms with E-state index in [1.54, 1.807) is 7.11 Å². The standard InChI is InChI=1S/C11H15N3O2/c1-7-4-8(2)10(16-3)9(5-7)6-13-14-11(12)15/h4-6H,1-3H3,(H3,12,14,15). The predicted octanol–water partition coefficient (Wildman–Crippen LogP) is 1.31. The van der Waals surface area contributed by atoms with Gasteiger partial charge in [-0.25, -0.2) is 10.2 Å². The first kappa shape index (κ1) is 12.0. The molecule has 0 saturated carbocycles. The zero-order valence-corrected chi connectivity index (χ0v) is 9.57. The Hall–Kier alpha value is -2.04. The molecule has 2 amide bonds. The number of amides is 2. The molecule has 16 heavy (non-hydrogen) atoms. The molecule has 1 rings (SSSR count). The third-order valence-electron chi connectivity index (χ3n) is 2.03. The maximum absolute atomic E-state index is 10.4. The number of benzene rings is 1. The van der Waals surface area contributed by atoms with Gasteiger partial charge in [0, 0.05) is 5.56 Å². The largest absolute Gasteiger partial charge is 0.496 e. The smallest absolute Gasteiger partial charge is 0.332 e. The lowest BCUT2D eigenvalue weighted by atomic mass is 10.1. The quantitative estimate of drug-likeness (QED) is 0.596. The molecule has 0 unspecified atom stereocenters. The molecule has 0 aromatic heterocycles. The van der Waals surface area contributed by atoms with Gasteiger partial charge in [0.25, 0.3) is 0 Å². The van der Waals surface area contributed by atoms with Gasteiger partial charge in [-0.3, -0.25) is 0 Å². The second-order valence-corrected chi connectivity index (χ2v) is 3.44. The van der Waals surface area contributed by atoms with Crippen molar-refractivity contribution in [3.8, 4) is 5.75 Å². The summed E-state index contributed by atoms with van der Waals surface area (Å²) in [5.74, 6) is 0.737. The van der Waals surface area contributed by atoms with Crippen LogP contribution in [0.5, 0.6) is 5.75 Å². The molecule has 0 heterocycles. The number of aryl methyl sites for hydroxylation is 2. The van der Waals surface area contributed by atoms with Crippen LogP contribution in [0.4, 0.5) is 4.79 Å². The van der Waals surface area contributed by atoms with Crippen LogP contribution in [-0.2, 0) is 0 Å². The molecule has 1 aromatic carbocycles. The Kier molecular flexibility index (Phi) is 3.88. The van der Waals surface area contributed by atoms with Crippen molar-refractivity contribution < 1.29 is 9.53 Å². The van der Waals surface area contributed by atoms with Crippen molar-refractivity contribution in [1.29, 1.82) is 0 Å². The molecule has 0 aliphatic carbocycles. The number of methoxy groups -OCH3 is 1. The molecule has 0 saturated heterocycles. The lowest BCUT2D eigenvalue weighted by Crippen LogP contribution is -2.24. The number of nitrogens with zero attached hydrogens (tertiary/aromatic N) is 1. The minimum atomic E-state index is -0.695. The van der Waals surface area contributed by atoms with Crippen molar-refractivity contribution in [2.24, 2.45) is 10.8 Å². The highest BCUT2D eigenvalue weighted by Crippen LogP contribution is 2.23. The minimum Gasteiger partial charge on any atom is -0.496 e. The first-order chi connectivity index (χ1) is 7.54. The van der Waals surface area contributed by atoms with Crippen LogP contribution in [-0.4, -0.2) is 19.4 Å². The Balaban J connectivity index is 3.02. The fraction of sp³-hybridized carbons (Fsp3) is 0.273. The first-order valence-corrected chi connectivity index (χ1v) is 4.78. The highest BCUT2D eigenvalue weighted by molar-refractivity contribution is 5.85. The van der Waals surface area contributed by atoms with Gasteiger partial charge in [-0.15, -0.1) is 0 Å². The van der Waals surface area contributed by atoms with Gasteiger partial charge in [-0.2, -0.15) is 5.10 Å². The summed E-state index contributed by atoms with van der Waals surface area (Å²) in [5.41, 5.74) is 9.94. The molecule has 86 valence electrons. The van der Waals surface area contributed by atoms with Gasteiger partial charge < -0.3 is 10.5 Å². The van der Waals surface area contributed by atoms with E-state index >= 15 is 0 Å². The molecule has 0 bridgehead atoms. The molecule has 5 heteroatoms. The summed E-state index contributed by atoms with van der Waals surface area (Å²) in [6.45, 7) is 3.93. The van der Waals surface area contributed by atoms with Crippen molar-refractivity contribution in [2.45, 2.75) is 13.8 Å². The van der Waals surface area contributed by atoms with Crippen molar-refractivity contribution in [3.05, 3.63) is 28.8 Å². The molecule has 3 N–H and O–H groups in total. The molecule has 1 aromatic rings. The number of carbonyl (C=O) groups excluding carboxylic acids is 1. The van der Waals surface area contributed by atoms with E-state index in [1.165, 1.54) is 6.21 Å². The fourth-order valence-corrected chi connectivity index (χ4v) is 1.53. The van der Waals surface area contributed by atoms with Crippen LogP contribution in [0.2, 0.25) is 0 Å². The summed E-state index contributed by atoms with van der Waals surface area (Å²) in [6.07, 6.45) is 1.50. The Morgan fingerprint density at radius 2 is 2.19 bits per heavy atom. The summed E-state index contributed by atoms with van der Waals surface area (Å²) in [7, 11) is 1.59. The van der Waals surface area contributed by atoms with Gasteiger partial charge >= 0.3 is 6.03 Å². The Labute approximate surface area is 94.3 Å². The van der Waals surface area contributed by atoms with Gasteiger partial charge in [0.1, 0.15) is 5.75 Å². The second-order valence-electron chi connectivity index (χ2n) is 3.44. The summed E-state index contributed by atoms with van der Waals surface area (Å²) >= 11 is 0. The van der Waals surface area contributed by atoms with E-state index in [9.17, 15) is 4.79 Å². The third-order valence-corrected chi connectivity index (χ3v) is 2.03. The lowest BCUT2D eigenvalue weighted by molar-refractivity contribution is 0.249. The average molecular weight is 221 g/mol. The molecule has 0 aliphatic heterocycles. The predicted molar refractivity (Wildman–Crippen MR) is 62.8 cm³/mol. The number of carbonyl (C=O) groups is 1. The van der Waals surface area contributed by atoms with E-state index < -0.39 is 6.03 Å². The van der Waals surface area contributed by atoms with E-state index in [1.807, 2.05) is 26.0 Å². The fourth-order valence-electron chi connectivity index (χ4n) is 1.53. The number of hydrogen-bond donors (Lipinski definition) is 2. The van der Waals surface area contributed by atoms with E-state index in [2.05, 4.69) is 10.5 Å². The van der Waals surface area contributed by atoms with Gasteiger partial charge in [-0.05, 0) is 31.0 Å². The number of rotatable bonds is 3. The van der Waals surface area contributed by atoms with Crippen LogP contribution >= 0.6 is 0 Å². The molecule has 0 atom stereocenters. The molecule has 5 nitrogen and oxygen atoms in total. The molecule has 0 aliphatic rings. The topological polar surface area (TPSA) is 76.7 Å². The number of urea groups is 1. The van der Waals surface area contributed by atoms with E-state index in [0.29, 0.717) is 0 Å². The number of primary amides is 1. The first-order valence-electron chi connectivity index (χ1n) is 4.78. The molecule has 0 fully saturated rings. The van der Waals surface area contributed by atoms with Crippen molar-refractivity contribution in [2.75, 3.05) is 7.11 Å². The Morgan fingerprint density at radius 3 is 2.75 bits per heavy atom. The van der Waals surface area contributed by atoms with Crippen molar-refractivity contribution in [1.82, 2.24) is 5.43 Å². The molecular weight excluding hydrogens is 206 g/mol. The third kappa shape index (κ3) is 2.98. The van der Waals surface area contributed by atoms with Gasteiger partial charge in [0.2, 0.25) is 0 Å². The van der Waals surface area contributed by atoms with Crippen LogP contribution < -0.4 is 15.9 Å². The maximum Gasteiger partial charge on any atom is 0.332 e. The highest BCUT2D eigenvalue weighted by Gasteiger charge is 2.05. The summed E-state index contributed by atoms with van der Waals surface area (Å²) in [5, 5.41) is 3.70. The molecule has 0 spiro atoms. The van der Waals surface area contributed by atoms with Crippen LogP contribution in [0.3, 0.4) is 0 Å². The Morgan fingerprint density at radius 1 is 1.50 bits per heavy atom. The monoisotopic (exact) mass is 221 g/mol. The number of hydrogen-bond acceptors (Lipinski definition) is 3. The van der Waals surface area contributed by atoms with Crippen LogP contribution in [0.1, 0.15) is 16.7 Å². The van der Waals surface area contributed by atoms with E-state index in [0.717, 1.165) is 22.4 Å². The SMILES string of the molecule is COc1c(C)cc(C)cc1C=NNC(N)=O. The number of nitrogens with two attached hydrogens (primary N) is 1. The number of hydrazone groups is 1. The normalized spacial score (nSPS) is 10.4. The average Bonchev–Trinajstić information content (AvgIpc) is 2.16. The minimum absolute atomic E-state index is 0.695. The summed E-state index contributed by atoms with van der Waals surface area (Å²) in [4.78, 5) is 10.4. The zero-order valence-electron chi connectivity index (χ0n) is 9.57. The van der Waals surface area contributed by atoms with Crippen LogP contribution in [0, 0.1) is 13.8 Å². The van der Waals surface area contributed by atoms with Crippen molar-refractivity contribution in [3.63, 3.8) is 0 Å².